The van der Waals surface area contributed by atoms with Crippen molar-refractivity contribution in [2.24, 2.45) is 5.10 Å². The molecule has 0 bridgehead atoms. The van der Waals surface area contributed by atoms with E-state index >= 15 is 0 Å². The summed E-state index contributed by atoms with van der Waals surface area (Å²) in [5, 5.41) is 15.9. The van der Waals surface area contributed by atoms with Gasteiger partial charge in [0, 0.05) is 10.5 Å². The van der Waals surface area contributed by atoms with E-state index in [0.717, 1.165) is 15.6 Å². The number of halogens is 1. The second-order valence-electron chi connectivity index (χ2n) is 4.77. The van der Waals surface area contributed by atoms with Crippen LogP contribution in [0, 0.1) is 0 Å². The maximum atomic E-state index is 11.8. The molecule has 2 N–H and O–H groups in total. The number of hydrogen-bond donors (Lipinski definition) is 1. The van der Waals surface area contributed by atoms with Gasteiger partial charge in [0.25, 0.3) is 5.91 Å². The van der Waals surface area contributed by atoms with Crippen LogP contribution in [0.25, 0.3) is 11.1 Å². The van der Waals surface area contributed by atoms with Crippen molar-refractivity contribution >= 4 is 50.9 Å². The Morgan fingerprint density at radius 3 is 3.04 bits per heavy atom. The van der Waals surface area contributed by atoms with Crippen molar-refractivity contribution in [2.75, 3.05) is 5.75 Å². The zero-order valence-electron chi connectivity index (χ0n) is 12.3. The smallest absolute Gasteiger partial charge is 0.411 e. The molecule has 6 nitrogen and oxygen atoms in total. The average Bonchev–Trinajstić information content (AvgIpc) is 2.99. The molecule has 0 radical (unpaired) electrons. The average molecular weight is 406 g/mol. The highest BCUT2D eigenvalue weighted by molar-refractivity contribution is 9.10. The third-order valence-electron chi connectivity index (χ3n) is 3.03. The van der Waals surface area contributed by atoms with Crippen molar-refractivity contribution < 1.29 is 19.3 Å². The number of hydrazone groups is 1. The third-order valence-corrected chi connectivity index (χ3v) is 4.37. The molecular weight excluding hydrogens is 394 g/mol. The summed E-state index contributed by atoms with van der Waals surface area (Å²) < 4.78 is 6.33. The molecule has 24 heavy (non-hydrogen) atoms. The molecule has 0 aliphatic heterocycles. The second-order valence-corrected chi connectivity index (χ2v) is 6.64. The maximum absolute atomic E-state index is 11.8. The molecular formula is C16H12BrN3O3S. The Hall–Kier alpha value is -2.32. The van der Waals surface area contributed by atoms with Gasteiger partial charge < -0.3 is 9.52 Å². The Balaban J connectivity index is 1.54. The number of nitrogens with zero attached hydrogens (tertiary/aromatic N) is 1. The van der Waals surface area contributed by atoms with Gasteiger partial charge in [-0.1, -0.05) is 39.9 Å². The highest BCUT2D eigenvalue weighted by Crippen LogP contribution is 2.19. The maximum Gasteiger partial charge on any atom is 0.411 e. The van der Waals surface area contributed by atoms with Crippen LogP contribution in [0.5, 0.6) is 5.75 Å². The van der Waals surface area contributed by atoms with Crippen molar-refractivity contribution in [3.8, 4) is 5.75 Å². The van der Waals surface area contributed by atoms with E-state index in [4.69, 9.17) is 4.42 Å². The lowest BCUT2D eigenvalue weighted by Gasteiger charge is -2.09. The molecule has 0 saturated heterocycles. The molecule has 0 saturated carbocycles. The minimum atomic E-state index is -0.299. The molecule has 2 aromatic carbocycles. The minimum Gasteiger partial charge on any atom is -0.872 e. The first-order chi connectivity index (χ1) is 11.6. The van der Waals surface area contributed by atoms with Crippen LogP contribution in [0.15, 0.2) is 61.7 Å². The lowest BCUT2D eigenvalue weighted by molar-refractivity contribution is -0.411. The number of hydrogen-bond acceptors (Lipinski definition) is 5. The fraction of sp³-hybridized carbons (Fsp3) is 0.0625. The Labute approximate surface area is 150 Å². The summed E-state index contributed by atoms with van der Waals surface area (Å²) in [7, 11) is 0. The van der Waals surface area contributed by atoms with Gasteiger partial charge in [-0.2, -0.15) is 10.1 Å². The molecule has 0 fully saturated rings. The first-order valence-electron chi connectivity index (χ1n) is 6.94. The van der Waals surface area contributed by atoms with E-state index in [9.17, 15) is 9.90 Å². The lowest BCUT2D eigenvalue weighted by atomic mass is 10.2. The van der Waals surface area contributed by atoms with Crippen LogP contribution >= 0.6 is 27.7 Å². The molecule has 122 valence electrons. The summed E-state index contributed by atoms with van der Waals surface area (Å²) in [5.74, 6) is -0.328. The number of nitrogens with one attached hydrogen (secondary N) is 2. The number of rotatable bonds is 5. The zero-order valence-corrected chi connectivity index (χ0v) is 14.7. The van der Waals surface area contributed by atoms with Crippen molar-refractivity contribution in [1.29, 1.82) is 0 Å². The molecule has 1 aromatic heterocycles. The number of oxazole rings is 1. The molecule has 8 heteroatoms. The summed E-state index contributed by atoms with van der Waals surface area (Å²) in [4.78, 5) is 14.9. The molecule has 1 amide bonds. The number of fused-ring (bicyclic) bond motifs is 1. The van der Waals surface area contributed by atoms with E-state index in [0.29, 0.717) is 10.8 Å². The van der Waals surface area contributed by atoms with Gasteiger partial charge in [0.05, 0.1) is 12.0 Å². The van der Waals surface area contributed by atoms with Crippen LogP contribution in [-0.2, 0) is 4.79 Å². The number of thioether (sulfide) groups is 1. The third kappa shape index (κ3) is 4.15. The predicted molar refractivity (Wildman–Crippen MR) is 92.8 cm³/mol. The molecule has 0 atom stereocenters. The number of para-hydroxylation sites is 2. The van der Waals surface area contributed by atoms with E-state index in [1.54, 1.807) is 12.1 Å². The van der Waals surface area contributed by atoms with Crippen LogP contribution in [0.3, 0.4) is 0 Å². The van der Waals surface area contributed by atoms with Crippen molar-refractivity contribution in [3.05, 3.63) is 52.5 Å². The standard InChI is InChI=1S/C16H12BrN3O3S/c17-11-5-6-13(21)10(7-11)8-18-20-15(22)9-24-16-19-12-3-1-2-4-14(12)23-16/h1-8,21H,9H2,(H,20,22). The fourth-order valence-electron chi connectivity index (χ4n) is 1.92. The van der Waals surface area contributed by atoms with E-state index in [1.807, 2.05) is 24.3 Å². The number of amides is 1. The minimum absolute atomic E-state index is 0.135. The molecule has 0 aliphatic carbocycles. The van der Waals surface area contributed by atoms with Gasteiger partial charge in [0.2, 0.25) is 11.1 Å². The first kappa shape index (κ1) is 16.5. The number of H-pyrrole nitrogens is 1. The second kappa shape index (κ2) is 7.50. The van der Waals surface area contributed by atoms with Crippen LogP contribution in [0.1, 0.15) is 5.56 Å². The summed E-state index contributed by atoms with van der Waals surface area (Å²) in [6.07, 6.45) is 1.32. The summed E-state index contributed by atoms with van der Waals surface area (Å²) >= 11 is 4.51. The summed E-state index contributed by atoms with van der Waals surface area (Å²) in [6.45, 7) is 0. The van der Waals surface area contributed by atoms with E-state index in [2.05, 4.69) is 31.4 Å². The fourth-order valence-corrected chi connectivity index (χ4v) is 2.95. The number of aromatic amines is 1. The van der Waals surface area contributed by atoms with Crippen LogP contribution in [-0.4, -0.2) is 17.9 Å². The van der Waals surface area contributed by atoms with Crippen molar-refractivity contribution in [2.45, 2.75) is 5.22 Å². The van der Waals surface area contributed by atoms with E-state index in [1.165, 1.54) is 24.0 Å². The molecule has 3 rings (SSSR count). The number of benzene rings is 2. The molecule has 1 heterocycles. The van der Waals surface area contributed by atoms with E-state index < -0.39 is 0 Å². The van der Waals surface area contributed by atoms with Crippen molar-refractivity contribution in [1.82, 2.24) is 5.43 Å². The van der Waals surface area contributed by atoms with Gasteiger partial charge in [0.1, 0.15) is 0 Å². The van der Waals surface area contributed by atoms with Gasteiger partial charge >= 0.3 is 5.22 Å². The first-order valence-corrected chi connectivity index (χ1v) is 8.72. The molecule has 0 spiro atoms. The van der Waals surface area contributed by atoms with Crippen molar-refractivity contribution in [3.63, 3.8) is 0 Å². The largest absolute Gasteiger partial charge is 0.872 e. The topological polar surface area (TPSA) is 91.8 Å². The summed E-state index contributed by atoms with van der Waals surface area (Å²) in [6, 6.07) is 12.2. The van der Waals surface area contributed by atoms with Crippen LogP contribution in [0.4, 0.5) is 0 Å². The molecule has 0 aliphatic rings. The van der Waals surface area contributed by atoms with Gasteiger partial charge in [-0.25, -0.2) is 5.43 Å². The number of carbonyl (C=O) groups is 1. The number of aromatic nitrogens is 1. The Morgan fingerprint density at radius 1 is 1.38 bits per heavy atom. The highest BCUT2D eigenvalue weighted by Gasteiger charge is 2.14. The van der Waals surface area contributed by atoms with E-state index in [-0.39, 0.29) is 17.4 Å². The monoisotopic (exact) mass is 405 g/mol. The highest BCUT2D eigenvalue weighted by atomic mass is 79.9. The Morgan fingerprint density at radius 2 is 2.21 bits per heavy atom. The van der Waals surface area contributed by atoms with Gasteiger partial charge in [-0.3, -0.25) is 4.79 Å². The predicted octanol–water partition coefficient (Wildman–Crippen LogP) is 2.33. The number of carbonyl (C=O) groups excluding carboxylic acids is 1. The summed E-state index contributed by atoms with van der Waals surface area (Å²) in [5.41, 5.74) is 4.38. The van der Waals surface area contributed by atoms with Crippen LogP contribution < -0.4 is 15.5 Å². The normalized spacial score (nSPS) is 11.2. The Bertz CT molecular complexity index is 877. The molecule has 0 unspecified atom stereocenters. The quantitative estimate of drug-likeness (QED) is 0.400. The van der Waals surface area contributed by atoms with Gasteiger partial charge in [-0.05, 0) is 35.5 Å². The zero-order chi connectivity index (χ0) is 16.9. The molecule has 3 aromatic rings. The van der Waals surface area contributed by atoms with Crippen LogP contribution in [0.2, 0.25) is 0 Å². The lowest BCUT2D eigenvalue weighted by Crippen LogP contribution is -2.20. The van der Waals surface area contributed by atoms with Gasteiger partial charge in [0.15, 0.2) is 0 Å². The van der Waals surface area contributed by atoms with Gasteiger partial charge in [-0.15, -0.1) is 0 Å². The SMILES string of the molecule is O=C(CSc1[nH+]c2ccccc2o1)NN=Cc1cc(Br)ccc1[O-]. The Kier molecular flexibility index (Phi) is 5.17.